The third-order valence-corrected chi connectivity index (χ3v) is 2.79. The second kappa shape index (κ2) is 5.11. The van der Waals surface area contributed by atoms with Crippen molar-refractivity contribution < 1.29 is 10.5 Å². The van der Waals surface area contributed by atoms with Crippen LogP contribution in [-0.2, 0) is 0 Å². The monoisotopic (exact) mass is 278 g/mol. The van der Waals surface area contributed by atoms with Crippen molar-refractivity contribution in [1.82, 2.24) is 9.97 Å². The number of hydrogen-bond acceptors (Lipinski definition) is 5. The number of anilines is 2. The van der Waals surface area contributed by atoms with Crippen LogP contribution in [0.2, 0.25) is 5.02 Å². The Balaban J connectivity index is 2.56. The molecular weight excluding hydrogens is 266 g/mol. The van der Waals surface area contributed by atoms with Gasteiger partial charge in [0, 0.05) is 12.1 Å². The summed E-state index contributed by atoms with van der Waals surface area (Å²) in [5.74, 6) is 0.771. The first-order valence-corrected chi connectivity index (χ1v) is 5.81. The van der Waals surface area contributed by atoms with E-state index in [0.29, 0.717) is 27.7 Å². The lowest BCUT2D eigenvalue weighted by atomic mass is 10.0. The number of hydrogen-bond donors (Lipinski definition) is 4. The van der Waals surface area contributed by atoms with Crippen LogP contribution in [0.4, 0.5) is 11.6 Å². The quantitative estimate of drug-likeness (QED) is 0.593. The lowest BCUT2D eigenvalue weighted by Crippen LogP contribution is -2.42. The summed E-state index contributed by atoms with van der Waals surface area (Å²) < 4.78 is 0. The largest absolute Gasteiger partial charge is 0.508 e. The number of rotatable bonds is 3. The van der Waals surface area contributed by atoms with E-state index in [9.17, 15) is 5.11 Å². The minimum Gasteiger partial charge on any atom is -0.508 e. The SMILES string of the molecule is CNc1ncnc(N)c1C(=[NH2+])c1cc(O)cc(Cl)c1. The number of nitrogens with one attached hydrogen (secondary N) is 1. The van der Waals surface area contributed by atoms with E-state index in [1.165, 1.54) is 18.5 Å². The molecule has 6 N–H and O–H groups in total. The van der Waals surface area contributed by atoms with Crippen molar-refractivity contribution in [2.75, 3.05) is 18.1 Å². The molecule has 2 rings (SSSR count). The average molecular weight is 279 g/mol. The Morgan fingerprint density at radius 3 is 2.74 bits per heavy atom. The Bertz CT molecular complexity index is 624. The van der Waals surface area contributed by atoms with E-state index in [2.05, 4.69) is 15.3 Å². The molecular formula is C12H13ClN5O+. The van der Waals surface area contributed by atoms with Crippen LogP contribution in [0.5, 0.6) is 5.75 Å². The Kier molecular flexibility index (Phi) is 3.52. The maximum absolute atomic E-state index is 9.55. The van der Waals surface area contributed by atoms with Gasteiger partial charge >= 0.3 is 0 Å². The normalized spacial score (nSPS) is 10.2. The van der Waals surface area contributed by atoms with Gasteiger partial charge in [-0.25, -0.2) is 9.97 Å². The fraction of sp³-hybridized carbons (Fsp3) is 0.0833. The predicted molar refractivity (Wildman–Crippen MR) is 74.2 cm³/mol. The van der Waals surface area contributed by atoms with Crippen molar-refractivity contribution in [3.05, 3.63) is 40.7 Å². The maximum atomic E-state index is 9.55. The molecule has 2 aromatic rings. The van der Waals surface area contributed by atoms with Crippen molar-refractivity contribution in [2.45, 2.75) is 0 Å². The molecule has 0 radical (unpaired) electrons. The van der Waals surface area contributed by atoms with Gasteiger partial charge in [0.05, 0.1) is 5.56 Å². The van der Waals surface area contributed by atoms with Crippen LogP contribution < -0.4 is 16.5 Å². The van der Waals surface area contributed by atoms with Crippen molar-refractivity contribution in [3.63, 3.8) is 0 Å². The number of halogens is 1. The van der Waals surface area contributed by atoms with Crippen LogP contribution in [-0.4, -0.2) is 27.8 Å². The first-order valence-electron chi connectivity index (χ1n) is 5.44. The topological polar surface area (TPSA) is 110 Å². The van der Waals surface area contributed by atoms with E-state index in [-0.39, 0.29) is 11.6 Å². The molecule has 0 aliphatic heterocycles. The van der Waals surface area contributed by atoms with Crippen molar-refractivity contribution >= 4 is 28.9 Å². The molecule has 0 aliphatic rings. The highest BCUT2D eigenvalue weighted by Crippen LogP contribution is 2.24. The minimum atomic E-state index is 0.0203. The van der Waals surface area contributed by atoms with Gasteiger partial charge in [0.15, 0.2) is 0 Å². The number of nitrogens with zero attached hydrogens (tertiary/aromatic N) is 2. The molecule has 1 aromatic heterocycles. The number of benzene rings is 1. The van der Waals surface area contributed by atoms with Gasteiger partial charge in [-0.2, -0.15) is 0 Å². The Morgan fingerprint density at radius 2 is 2.11 bits per heavy atom. The number of phenols is 1. The highest BCUT2D eigenvalue weighted by Gasteiger charge is 2.20. The van der Waals surface area contributed by atoms with Gasteiger partial charge in [-0.05, 0) is 18.2 Å². The standard InChI is InChI=1S/C12H12ClN5O/c1-16-12-9(11(15)17-5-18-12)10(14)6-2-7(13)4-8(19)3-6/h2-5,14,19H,1H3,(H3,15,16,17,18)/p+1. The lowest BCUT2D eigenvalue weighted by Gasteiger charge is -2.08. The van der Waals surface area contributed by atoms with Crippen LogP contribution in [0, 0.1) is 0 Å². The third-order valence-electron chi connectivity index (χ3n) is 2.58. The van der Waals surface area contributed by atoms with E-state index in [0.717, 1.165) is 0 Å². The molecule has 98 valence electrons. The number of nitrogen functional groups attached to an aromatic ring is 1. The number of phenolic OH excluding ortho intramolecular Hbond substituents is 1. The van der Waals surface area contributed by atoms with Crippen molar-refractivity contribution in [2.24, 2.45) is 0 Å². The molecule has 0 bridgehead atoms. The second-order valence-electron chi connectivity index (χ2n) is 3.84. The zero-order valence-corrected chi connectivity index (χ0v) is 10.9. The van der Waals surface area contributed by atoms with Gasteiger partial charge in [-0.1, -0.05) is 11.6 Å². The molecule has 0 aliphatic carbocycles. The predicted octanol–water partition coefficient (Wildman–Crippen LogP) is 0.0560. The van der Waals surface area contributed by atoms with Crippen LogP contribution >= 0.6 is 11.6 Å². The van der Waals surface area contributed by atoms with Crippen LogP contribution in [0.1, 0.15) is 11.1 Å². The van der Waals surface area contributed by atoms with Crippen molar-refractivity contribution in [3.8, 4) is 5.75 Å². The molecule has 7 heteroatoms. The van der Waals surface area contributed by atoms with Gasteiger partial charge in [-0.15, -0.1) is 0 Å². The summed E-state index contributed by atoms with van der Waals surface area (Å²) in [6, 6.07) is 4.54. The summed E-state index contributed by atoms with van der Waals surface area (Å²) in [5.41, 5.74) is 7.18. The first kappa shape index (κ1) is 13.1. The Labute approximate surface area is 114 Å². The highest BCUT2D eigenvalue weighted by molar-refractivity contribution is 6.31. The molecule has 0 amide bonds. The number of aromatic hydroxyl groups is 1. The Hall–Kier alpha value is -2.34. The van der Waals surface area contributed by atoms with Crippen molar-refractivity contribution in [1.29, 1.82) is 0 Å². The summed E-state index contributed by atoms with van der Waals surface area (Å²) in [6.07, 6.45) is 1.34. The van der Waals surface area contributed by atoms with E-state index in [1.54, 1.807) is 13.1 Å². The summed E-state index contributed by atoms with van der Waals surface area (Å²) in [4.78, 5) is 7.96. The van der Waals surface area contributed by atoms with Crippen LogP contribution in [0.3, 0.4) is 0 Å². The molecule has 0 fully saturated rings. The fourth-order valence-corrected chi connectivity index (χ4v) is 1.96. The average Bonchev–Trinajstić information content (AvgIpc) is 2.36. The minimum absolute atomic E-state index is 0.0203. The summed E-state index contributed by atoms with van der Waals surface area (Å²) >= 11 is 5.89. The molecule has 0 saturated heterocycles. The molecule has 6 nitrogen and oxygen atoms in total. The van der Waals surface area contributed by atoms with Crippen LogP contribution in [0.15, 0.2) is 24.5 Å². The van der Waals surface area contributed by atoms with E-state index in [4.69, 9.17) is 22.7 Å². The lowest BCUT2D eigenvalue weighted by molar-refractivity contribution is -0.111. The molecule has 0 atom stereocenters. The van der Waals surface area contributed by atoms with Gasteiger partial charge in [0.1, 0.15) is 29.3 Å². The smallest absolute Gasteiger partial charge is 0.218 e. The summed E-state index contributed by atoms with van der Waals surface area (Å²) in [5, 5.41) is 18.9. The molecule has 1 heterocycles. The molecule has 0 spiro atoms. The number of aromatic nitrogens is 2. The van der Waals surface area contributed by atoms with Gasteiger partial charge < -0.3 is 16.2 Å². The van der Waals surface area contributed by atoms with Gasteiger partial charge in [-0.3, -0.25) is 5.41 Å². The zero-order chi connectivity index (χ0) is 14.0. The first-order chi connectivity index (χ1) is 9.02. The number of nitrogens with two attached hydrogens (primary N) is 2. The molecule has 19 heavy (non-hydrogen) atoms. The van der Waals surface area contributed by atoms with Gasteiger partial charge in [0.2, 0.25) is 5.71 Å². The highest BCUT2D eigenvalue weighted by atomic mass is 35.5. The van der Waals surface area contributed by atoms with E-state index in [1.807, 2.05) is 0 Å². The molecule has 0 unspecified atom stereocenters. The Morgan fingerprint density at radius 1 is 1.37 bits per heavy atom. The van der Waals surface area contributed by atoms with Crippen LogP contribution in [0.25, 0.3) is 0 Å². The zero-order valence-electron chi connectivity index (χ0n) is 10.2. The molecule has 0 saturated carbocycles. The fourth-order valence-electron chi connectivity index (χ4n) is 1.73. The summed E-state index contributed by atoms with van der Waals surface area (Å²) in [7, 11) is 1.70. The third kappa shape index (κ3) is 2.58. The van der Waals surface area contributed by atoms with Gasteiger partial charge in [0.25, 0.3) is 0 Å². The van der Waals surface area contributed by atoms with E-state index < -0.39 is 0 Å². The second-order valence-corrected chi connectivity index (χ2v) is 4.28. The summed E-state index contributed by atoms with van der Waals surface area (Å²) in [6.45, 7) is 0. The molecule has 1 aromatic carbocycles. The van der Waals surface area contributed by atoms with E-state index >= 15 is 0 Å². The maximum Gasteiger partial charge on any atom is 0.218 e.